The van der Waals surface area contributed by atoms with Crippen LogP contribution in [0.15, 0.2) is 24.7 Å². The van der Waals surface area contributed by atoms with Gasteiger partial charge in [-0.05, 0) is 44.9 Å². The van der Waals surface area contributed by atoms with Crippen molar-refractivity contribution >= 4 is 12.3 Å². The minimum Gasteiger partial charge on any atom is -0.465 e. The third kappa shape index (κ3) is 14.4. The molecular weight excluding hydrogens is 424 g/mol. The highest BCUT2D eigenvalue weighted by Crippen LogP contribution is 2.20. The number of rotatable bonds is 22. The van der Waals surface area contributed by atoms with Crippen molar-refractivity contribution in [3.05, 3.63) is 30.4 Å². The van der Waals surface area contributed by atoms with Crippen LogP contribution in [0.1, 0.15) is 116 Å². The Hall–Kier alpha value is -1.91. The number of hydrogen-bond donors (Lipinski definition) is 0. The molecule has 34 heavy (non-hydrogen) atoms. The molecule has 0 aromatic carbocycles. The molecule has 0 saturated heterocycles. The van der Waals surface area contributed by atoms with Crippen molar-refractivity contribution in [2.45, 2.75) is 117 Å². The lowest BCUT2D eigenvalue weighted by Crippen LogP contribution is -2.25. The number of allylic oxidation sites excluding steroid dienone is 2. The molecule has 0 saturated carbocycles. The van der Waals surface area contributed by atoms with Gasteiger partial charge in [-0.25, -0.2) is 4.98 Å². The van der Waals surface area contributed by atoms with Crippen LogP contribution in [0.25, 0.3) is 0 Å². The molecule has 2 unspecified atom stereocenters. The number of aryl methyl sites for hydroxylation is 1. The van der Waals surface area contributed by atoms with Gasteiger partial charge in [0.15, 0.2) is 0 Å². The molecular formula is C29H50N2O3. The smallest absolute Gasteiger partial charge is 0.305 e. The summed E-state index contributed by atoms with van der Waals surface area (Å²) in [6.45, 7) is 4.56. The highest BCUT2D eigenvalue weighted by Gasteiger charge is 2.23. The fourth-order valence-corrected chi connectivity index (χ4v) is 4.34. The Morgan fingerprint density at radius 3 is 2.15 bits per heavy atom. The van der Waals surface area contributed by atoms with E-state index in [9.17, 15) is 9.59 Å². The van der Waals surface area contributed by atoms with E-state index in [1.54, 1.807) is 6.33 Å². The zero-order chi connectivity index (χ0) is 24.9. The van der Waals surface area contributed by atoms with E-state index >= 15 is 0 Å². The van der Waals surface area contributed by atoms with Crippen LogP contribution in [-0.2, 0) is 27.8 Å². The summed E-state index contributed by atoms with van der Waals surface area (Å²) < 4.78 is 7.52. The van der Waals surface area contributed by atoms with Gasteiger partial charge in [0.1, 0.15) is 6.29 Å². The van der Waals surface area contributed by atoms with Gasteiger partial charge in [0.2, 0.25) is 0 Å². The van der Waals surface area contributed by atoms with E-state index in [0.29, 0.717) is 19.4 Å². The van der Waals surface area contributed by atoms with E-state index in [-0.39, 0.29) is 17.8 Å². The van der Waals surface area contributed by atoms with Crippen LogP contribution in [0.3, 0.4) is 0 Å². The average Bonchev–Trinajstić information content (AvgIpc) is 3.24. The fourth-order valence-electron chi connectivity index (χ4n) is 4.34. The third-order valence-corrected chi connectivity index (χ3v) is 6.74. The number of imidazole rings is 1. The molecule has 0 aliphatic heterocycles. The van der Waals surface area contributed by atoms with Gasteiger partial charge in [0, 0.05) is 37.2 Å². The molecule has 2 atom stereocenters. The molecule has 0 aliphatic rings. The van der Waals surface area contributed by atoms with Crippen molar-refractivity contribution in [2.24, 2.45) is 18.9 Å². The van der Waals surface area contributed by atoms with Crippen molar-refractivity contribution < 1.29 is 14.3 Å². The predicted molar refractivity (Wildman–Crippen MR) is 141 cm³/mol. The number of nitrogens with zero attached hydrogens (tertiary/aromatic N) is 2. The Labute approximate surface area is 208 Å². The lowest BCUT2D eigenvalue weighted by atomic mass is 9.88. The second kappa shape index (κ2) is 20.5. The van der Waals surface area contributed by atoms with Crippen LogP contribution in [-0.4, -0.2) is 28.4 Å². The van der Waals surface area contributed by atoms with Crippen LogP contribution >= 0.6 is 0 Å². The largest absolute Gasteiger partial charge is 0.465 e. The summed E-state index contributed by atoms with van der Waals surface area (Å²) >= 11 is 0. The predicted octanol–water partition coefficient (Wildman–Crippen LogP) is 7.38. The average molecular weight is 475 g/mol. The summed E-state index contributed by atoms with van der Waals surface area (Å²) in [5.41, 5.74) is 1.05. The Balaban J connectivity index is 2.08. The van der Waals surface area contributed by atoms with Gasteiger partial charge >= 0.3 is 5.97 Å². The first kappa shape index (κ1) is 30.1. The third-order valence-electron chi connectivity index (χ3n) is 6.74. The van der Waals surface area contributed by atoms with Gasteiger partial charge in [-0.2, -0.15) is 0 Å². The number of esters is 1. The molecule has 0 bridgehead atoms. The van der Waals surface area contributed by atoms with Crippen LogP contribution in [0.4, 0.5) is 0 Å². The van der Waals surface area contributed by atoms with Gasteiger partial charge < -0.3 is 14.1 Å². The maximum atomic E-state index is 12.2. The van der Waals surface area contributed by atoms with E-state index in [0.717, 1.165) is 31.2 Å². The topological polar surface area (TPSA) is 61.2 Å². The molecule has 0 fully saturated rings. The minimum absolute atomic E-state index is 0.00374. The van der Waals surface area contributed by atoms with Gasteiger partial charge in [-0.1, -0.05) is 77.4 Å². The van der Waals surface area contributed by atoms with Crippen molar-refractivity contribution in [1.82, 2.24) is 9.55 Å². The zero-order valence-electron chi connectivity index (χ0n) is 22.2. The van der Waals surface area contributed by atoms with Gasteiger partial charge in [-0.3, -0.25) is 4.79 Å². The normalized spacial score (nSPS) is 13.3. The molecule has 194 valence electrons. The monoisotopic (exact) mass is 474 g/mol. The highest BCUT2D eigenvalue weighted by atomic mass is 16.5. The van der Waals surface area contributed by atoms with Crippen molar-refractivity contribution in [3.63, 3.8) is 0 Å². The first-order valence-corrected chi connectivity index (χ1v) is 13.8. The van der Waals surface area contributed by atoms with Crippen LogP contribution < -0.4 is 0 Å². The van der Waals surface area contributed by atoms with E-state index < -0.39 is 0 Å². The number of carbonyl (C=O) groups is 2. The number of carbonyl (C=O) groups excluding carboxylic acids is 2. The van der Waals surface area contributed by atoms with Gasteiger partial charge in [0.25, 0.3) is 0 Å². The minimum atomic E-state index is -0.145. The van der Waals surface area contributed by atoms with Crippen molar-refractivity contribution in [2.75, 3.05) is 6.61 Å². The molecule has 1 aromatic rings. The summed E-state index contributed by atoms with van der Waals surface area (Å²) in [6, 6.07) is 0. The number of ether oxygens (including phenoxy) is 1. The Morgan fingerprint density at radius 2 is 1.59 bits per heavy atom. The summed E-state index contributed by atoms with van der Waals surface area (Å²) in [5.74, 6) is -0.258. The molecule has 0 amide bonds. The molecule has 0 radical (unpaired) electrons. The van der Waals surface area contributed by atoms with Gasteiger partial charge in [0.05, 0.1) is 12.9 Å². The molecule has 5 nitrogen and oxygen atoms in total. The second-order valence-electron chi connectivity index (χ2n) is 9.69. The maximum absolute atomic E-state index is 12.2. The zero-order valence-corrected chi connectivity index (χ0v) is 22.2. The van der Waals surface area contributed by atoms with Crippen LogP contribution in [0.2, 0.25) is 0 Å². The fraction of sp³-hybridized carbons (Fsp3) is 0.759. The number of aldehydes is 1. The van der Waals surface area contributed by atoms with Crippen molar-refractivity contribution in [1.29, 1.82) is 0 Å². The molecule has 0 N–H and O–H groups in total. The molecule has 1 rings (SSSR count). The van der Waals surface area contributed by atoms with E-state index in [4.69, 9.17) is 4.74 Å². The first-order chi connectivity index (χ1) is 16.6. The first-order valence-electron chi connectivity index (χ1n) is 13.8. The Morgan fingerprint density at radius 1 is 0.971 bits per heavy atom. The molecule has 1 heterocycles. The number of hydrogen-bond acceptors (Lipinski definition) is 4. The summed E-state index contributed by atoms with van der Waals surface area (Å²) in [6.07, 6.45) is 27.3. The van der Waals surface area contributed by atoms with E-state index in [1.165, 1.54) is 70.6 Å². The van der Waals surface area contributed by atoms with Crippen molar-refractivity contribution in [3.8, 4) is 0 Å². The highest BCUT2D eigenvalue weighted by molar-refractivity contribution is 5.69. The SMILES string of the molecule is CCCCCCCC/C=C\CCCCCCCC(=O)OCC(Cc1cncn1C)C(C=O)CC. The quantitative estimate of drug-likeness (QED) is 0.0761. The van der Waals surface area contributed by atoms with E-state index in [1.807, 2.05) is 24.7 Å². The summed E-state index contributed by atoms with van der Waals surface area (Å²) in [5, 5.41) is 0. The second-order valence-corrected chi connectivity index (χ2v) is 9.69. The standard InChI is InChI=1S/C29H50N2O3/c1-4-6-7-8-9-10-11-12-13-14-15-16-17-18-19-20-29(33)34-24-27(26(5-2)23-32)21-28-22-30-25-31(28)3/h12-13,22-23,25-27H,4-11,14-21,24H2,1-3H3/b13-12-. The Bertz CT molecular complexity index is 668. The van der Waals surface area contributed by atoms with Crippen LogP contribution in [0, 0.1) is 11.8 Å². The van der Waals surface area contributed by atoms with Crippen LogP contribution in [0.5, 0.6) is 0 Å². The molecule has 1 aromatic heterocycles. The maximum Gasteiger partial charge on any atom is 0.305 e. The molecule has 5 heteroatoms. The van der Waals surface area contributed by atoms with E-state index in [2.05, 4.69) is 24.1 Å². The summed E-state index contributed by atoms with van der Waals surface area (Å²) in [4.78, 5) is 27.9. The Kier molecular flexibility index (Phi) is 18.1. The molecule has 0 aliphatic carbocycles. The lowest BCUT2D eigenvalue weighted by Gasteiger charge is -2.22. The molecule has 0 spiro atoms. The number of aromatic nitrogens is 2. The number of unbranched alkanes of at least 4 members (excludes halogenated alkanes) is 11. The lowest BCUT2D eigenvalue weighted by molar-refractivity contribution is -0.146. The van der Waals surface area contributed by atoms with Gasteiger partial charge in [-0.15, -0.1) is 0 Å². The summed E-state index contributed by atoms with van der Waals surface area (Å²) in [7, 11) is 1.94.